The maximum atomic E-state index is 12.7. The molecule has 7 nitrogen and oxygen atoms in total. The molecule has 1 aliphatic heterocycles. The van der Waals surface area contributed by atoms with E-state index in [0.717, 1.165) is 30.6 Å². The standard InChI is InChI=1S/C19H28N2O5S/c1-4-6-7-14(5-2)13-20-27(24,25)15-8-9-17(26-3)16(12-15)21-18(22)10-11-19(21)23/h8-9,12,14,20H,4-7,10-11,13H2,1-3H3/t14-/m0/s1. The van der Waals surface area contributed by atoms with Crippen LogP contribution in [0.3, 0.4) is 0 Å². The summed E-state index contributed by atoms with van der Waals surface area (Å²) in [5.74, 6) is -0.149. The predicted molar refractivity (Wildman–Crippen MR) is 103 cm³/mol. The number of amides is 2. The van der Waals surface area contributed by atoms with E-state index in [-0.39, 0.29) is 46.9 Å². The lowest BCUT2D eigenvalue weighted by molar-refractivity contribution is -0.121. The third-order valence-electron chi connectivity index (χ3n) is 4.86. The SMILES string of the molecule is CCCC[C@H](CC)CNS(=O)(=O)c1ccc(OC)c(N2C(=O)CCC2=O)c1. The van der Waals surface area contributed by atoms with Crippen molar-refractivity contribution in [2.24, 2.45) is 5.92 Å². The number of nitrogens with one attached hydrogen (secondary N) is 1. The summed E-state index contributed by atoms with van der Waals surface area (Å²) in [5, 5.41) is 0. The number of carbonyl (C=O) groups is 2. The van der Waals surface area contributed by atoms with Crippen LogP contribution >= 0.6 is 0 Å². The minimum absolute atomic E-state index is 0.0103. The largest absolute Gasteiger partial charge is 0.495 e. The number of benzene rings is 1. The summed E-state index contributed by atoms with van der Waals surface area (Å²) in [6.45, 7) is 4.52. The molecule has 150 valence electrons. The molecule has 0 unspecified atom stereocenters. The number of unbranched alkanes of at least 4 members (excludes halogenated alkanes) is 1. The number of hydrogen-bond donors (Lipinski definition) is 1. The number of hydrogen-bond acceptors (Lipinski definition) is 5. The van der Waals surface area contributed by atoms with E-state index in [2.05, 4.69) is 11.6 Å². The van der Waals surface area contributed by atoms with E-state index in [1.807, 2.05) is 6.92 Å². The Morgan fingerprint density at radius 3 is 2.41 bits per heavy atom. The van der Waals surface area contributed by atoms with Crippen LogP contribution in [0.4, 0.5) is 5.69 Å². The van der Waals surface area contributed by atoms with E-state index in [1.54, 1.807) is 0 Å². The summed E-state index contributed by atoms with van der Waals surface area (Å²) < 4.78 is 33.3. The summed E-state index contributed by atoms with van der Waals surface area (Å²) in [6, 6.07) is 4.22. The number of ether oxygens (including phenoxy) is 1. The summed E-state index contributed by atoms with van der Waals surface area (Å²) in [4.78, 5) is 25.1. The van der Waals surface area contributed by atoms with Gasteiger partial charge >= 0.3 is 0 Å². The van der Waals surface area contributed by atoms with Crippen LogP contribution < -0.4 is 14.4 Å². The Bertz CT molecular complexity index is 775. The molecule has 1 aliphatic rings. The van der Waals surface area contributed by atoms with Crippen molar-refractivity contribution >= 4 is 27.5 Å². The molecule has 0 radical (unpaired) electrons. The molecule has 0 saturated carbocycles. The normalized spacial score (nSPS) is 16.0. The lowest BCUT2D eigenvalue weighted by atomic mass is 10.00. The zero-order valence-electron chi connectivity index (χ0n) is 16.2. The molecule has 0 aliphatic carbocycles. The molecule has 1 saturated heterocycles. The first-order valence-corrected chi connectivity index (χ1v) is 10.9. The molecule has 2 rings (SSSR count). The highest BCUT2D eigenvalue weighted by Gasteiger charge is 2.33. The van der Waals surface area contributed by atoms with E-state index < -0.39 is 10.0 Å². The van der Waals surface area contributed by atoms with E-state index in [0.29, 0.717) is 6.54 Å². The highest BCUT2D eigenvalue weighted by Crippen LogP contribution is 2.34. The average Bonchev–Trinajstić information content (AvgIpc) is 2.99. The number of imide groups is 1. The minimum Gasteiger partial charge on any atom is -0.495 e. The van der Waals surface area contributed by atoms with Crippen molar-refractivity contribution in [2.75, 3.05) is 18.6 Å². The Labute approximate surface area is 161 Å². The number of rotatable bonds is 10. The first-order valence-electron chi connectivity index (χ1n) is 9.37. The molecule has 1 fully saturated rings. The molecule has 0 spiro atoms. The smallest absolute Gasteiger partial charge is 0.240 e. The second kappa shape index (κ2) is 9.32. The fourth-order valence-corrected chi connectivity index (χ4v) is 4.25. The van der Waals surface area contributed by atoms with Crippen LogP contribution in [0.5, 0.6) is 5.75 Å². The molecule has 1 aromatic carbocycles. The van der Waals surface area contributed by atoms with Crippen molar-refractivity contribution in [2.45, 2.75) is 57.3 Å². The molecule has 0 bridgehead atoms. The Balaban J connectivity index is 2.25. The fourth-order valence-electron chi connectivity index (χ4n) is 3.11. The van der Waals surface area contributed by atoms with Crippen molar-refractivity contribution in [1.82, 2.24) is 4.72 Å². The molecular formula is C19H28N2O5S. The van der Waals surface area contributed by atoms with Gasteiger partial charge in [0, 0.05) is 19.4 Å². The van der Waals surface area contributed by atoms with Crippen LogP contribution in [0.25, 0.3) is 0 Å². The van der Waals surface area contributed by atoms with Gasteiger partial charge in [-0.3, -0.25) is 9.59 Å². The lowest BCUT2D eigenvalue weighted by Gasteiger charge is -2.19. The number of carbonyl (C=O) groups excluding carboxylic acids is 2. The van der Waals surface area contributed by atoms with Gasteiger partial charge in [0.2, 0.25) is 21.8 Å². The van der Waals surface area contributed by atoms with E-state index in [1.165, 1.54) is 25.3 Å². The summed E-state index contributed by atoms with van der Waals surface area (Å²) in [6.07, 6.45) is 4.24. The molecule has 1 atom stereocenters. The highest BCUT2D eigenvalue weighted by atomic mass is 32.2. The predicted octanol–water partition coefficient (Wildman–Crippen LogP) is 2.84. The first-order chi connectivity index (χ1) is 12.8. The topological polar surface area (TPSA) is 92.8 Å². The molecule has 1 heterocycles. The van der Waals surface area contributed by atoms with Crippen molar-refractivity contribution in [1.29, 1.82) is 0 Å². The maximum absolute atomic E-state index is 12.7. The molecule has 1 N–H and O–H groups in total. The van der Waals surface area contributed by atoms with Gasteiger partial charge in [0.15, 0.2) is 0 Å². The monoisotopic (exact) mass is 396 g/mol. The van der Waals surface area contributed by atoms with Crippen LogP contribution in [0.1, 0.15) is 52.4 Å². The second-order valence-corrected chi connectivity index (χ2v) is 8.49. The number of sulfonamides is 1. The molecule has 1 aromatic rings. The van der Waals surface area contributed by atoms with E-state index in [9.17, 15) is 18.0 Å². The van der Waals surface area contributed by atoms with Gasteiger partial charge in [0.1, 0.15) is 5.75 Å². The molecule has 27 heavy (non-hydrogen) atoms. The van der Waals surface area contributed by atoms with Crippen molar-refractivity contribution in [3.63, 3.8) is 0 Å². The van der Waals surface area contributed by atoms with Gasteiger partial charge in [-0.05, 0) is 30.5 Å². The Kier molecular flexibility index (Phi) is 7.38. The van der Waals surface area contributed by atoms with Gasteiger partial charge in [-0.25, -0.2) is 18.0 Å². The molecule has 0 aromatic heterocycles. The van der Waals surface area contributed by atoms with Crippen molar-refractivity contribution in [3.8, 4) is 5.75 Å². The molecule has 2 amide bonds. The molecule has 8 heteroatoms. The van der Waals surface area contributed by atoms with Crippen LogP contribution in [-0.2, 0) is 19.6 Å². The zero-order chi connectivity index (χ0) is 20.0. The summed E-state index contributed by atoms with van der Waals surface area (Å²) >= 11 is 0. The van der Waals surface area contributed by atoms with Gasteiger partial charge in [0.05, 0.1) is 17.7 Å². The van der Waals surface area contributed by atoms with Gasteiger partial charge in [-0.15, -0.1) is 0 Å². The Hall–Kier alpha value is -1.93. The van der Waals surface area contributed by atoms with E-state index >= 15 is 0 Å². The molecular weight excluding hydrogens is 368 g/mol. The minimum atomic E-state index is -3.76. The third-order valence-corrected chi connectivity index (χ3v) is 6.28. The van der Waals surface area contributed by atoms with Crippen molar-refractivity contribution in [3.05, 3.63) is 18.2 Å². The third kappa shape index (κ3) is 5.07. The number of nitrogens with zero attached hydrogens (tertiary/aromatic N) is 1. The average molecular weight is 397 g/mol. The second-order valence-electron chi connectivity index (χ2n) is 6.72. The Morgan fingerprint density at radius 2 is 1.85 bits per heavy atom. The maximum Gasteiger partial charge on any atom is 0.240 e. The van der Waals surface area contributed by atoms with Gasteiger partial charge in [0.25, 0.3) is 0 Å². The Morgan fingerprint density at radius 1 is 1.19 bits per heavy atom. The lowest BCUT2D eigenvalue weighted by Crippen LogP contribution is -2.31. The van der Waals surface area contributed by atoms with Gasteiger partial charge in [-0.2, -0.15) is 0 Å². The van der Waals surface area contributed by atoms with Crippen LogP contribution in [0.2, 0.25) is 0 Å². The van der Waals surface area contributed by atoms with Gasteiger partial charge in [-0.1, -0.05) is 33.1 Å². The first kappa shape index (κ1) is 21.4. The van der Waals surface area contributed by atoms with Crippen molar-refractivity contribution < 1.29 is 22.7 Å². The fraction of sp³-hybridized carbons (Fsp3) is 0.579. The van der Waals surface area contributed by atoms with E-state index in [4.69, 9.17) is 4.74 Å². The number of methoxy groups -OCH3 is 1. The summed E-state index contributed by atoms with van der Waals surface area (Å²) in [5.41, 5.74) is 0.172. The number of anilines is 1. The zero-order valence-corrected chi connectivity index (χ0v) is 17.0. The highest BCUT2D eigenvalue weighted by molar-refractivity contribution is 7.89. The van der Waals surface area contributed by atoms with Gasteiger partial charge < -0.3 is 4.74 Å². The van der Waals surface area contributed by atoms with Crippen LogP contribution in [0.15, 0.2) is 23.1 Å². The van der Waals surface area contributed by atoms with Crippen LogP contribution in [0, 0.1) is 5.92 Å². The summed E-state index contributed by atoms with van der Waals surface area (Å²) in [7, 11) is -2.34. The van der Waals surface area contributed by atoms with Crippen LogP contribution in [-0.4, -0.2) is 33.9 Å². The quantitative estimate of drug-likeness (QED) is 0.614.